The number of nitrogens with zero attached hydrogens (tertiary/aromatic N) is 2. The summed E-state index contributed by atoms with van der Waals surface area (Å²) in [4.78, 5) is 26.1. The van der Waals surface area contributed by atoms with E-state index in [1.54, 1.807) is 25.2 Å². The van der Waals surface area contributed by atoms with Gasteiger partial charge in [-0.3, -0.25) is 9.59 Å². The van der Waals surface area contributed by atoms with E-state index in [1.807, 2.05) is 6.08 Å². The van der Waals surface area contributed by atoms with Gasteiger partial charge in [0.2, 0.25) is 11.8 Å². The van der Waals surface area contributed by atoms with E-state index in [-0.39, 0.29) is 18.4 Å². The number of benzene rings is 1. The fourth-order valence-electron chi connectivity index (χ4n) is 3.42. The zero-order valence-corrected chi connectivity index (χ0v) is 17.9. The average molecular weight is 416 g/mol. The molecule has 1 aliphatic carbocycles. The zero-order chi connectivity index (χ0) is 21.1. The minimum absolute atomic E-state index is 0.0834. The highest BCUT2D eigenvalue weighted by Crippen LogP contribution is 2.38. The molecule has 1 fully saturated rings. The van der Waals surface area contributed by atoms with Crippen LogP contribution in [0.15, 0.2) is 30.3 Å². The Morgan fingerprint density at radius 3 is 2.69 bits per heavy atom. The summed E-state index contributed by atoms with van der Waals surface area (Å²) in [6.45, 7) is 4.08. The topological polar surface area (TPSA) is 63.6 Å². The van der Waals surface area contributed by atoms with Gasteiger partial charge in [-0.15, -0.1) is 0 Å². The van der Waals surface area contributed by atoms with Crippen LogP contribution in [-0.2, 0) is 9.59 Å². The van der Waals surface area contributed by atoms with Gasteiger partial charge in [0.1, 0.15) is 5.75 Å². The van der Waals surface area contributed by atoms with Crippen LogP contribution < -0.4 is 10.1 Å². The van der Waals surface area contributed by atoms with E-state index >= 15 is 0 Å². The third-order valence-electron chi connectivity index (χ3n) is 5.03. The Morgan fingerprint density at radius 2 is 2.03 bits per heavy atom. The van der Waals surface area contributed by atoms with Crippen LogP contribution in [0.4, 0.5) is 5.69 Å². The minimum atomic E-state index is -0.332. The first kappa shape index (κ1) is 21.0. The van der Waals surface area contributed by atoms with Gasteiger partial charge in [-0.05, 0) is 62.6 Å². The van der Waals surface area contributed by atoms with E-state index in [4.69, 9.17) is 16.3 Å². The van der Waals surface area contributed by atoms with Crippen molar-refractivity contribution in [3.8, 4) is 5.75 Å². The van der Waals surface area contributed by atoms with Gasteiger partial charge >= 0.3 is 0 Å². The highest BCUT2D eigenvalue weighted by atomic mass is 35.5. The number of nitrogens with one attached hydrogen (secondary N) is 1. The van der Waals surface area contributed by atoms with Gasteiger partial charge in [-0.25, -0.2) is 0 Å². The van der Waals surface area contributed by atoms with Crippen LogP contribution in [-0.4, -0.2) is 42.0 Å². The van der Waals surface area contributed by atoms with Crippen molar-refractivity contribution in [2.75, 3.05) is 26.0 Å². The summed E-state index contributed by atoms with van der Waals surface area (Å²) in [7, 11) is 3.11. The van der Waals surface area contributed by atoms with Gasteiger partial charge in [-0.1, -0.05) is 11.6 Å². The second-order valence-electron chi connectivity index (χ2n) is 7.35. The van der Waals surface area contributed by atoms with E-state index in [0.29, 0.717) is 22.5 Å². The molecule has 0 radical (unpaired) electrons. The summed E-state index contributed by atoms with van der Waals surface area (Å²) in [5, 5.41) is 3.22. The van der Waals surface area contributed by atoms with Crippen LogP contribution in [0.25, 0.3) is 6.08 Å². The average Bonchev–Trinajstić information content (AvgIpc) is 3.45. The third-order valence-corrected chi connectivity index (χ3v) is 5.27. The van der Waals surface area contributed by atoms with Crippen LogP contribution in [0.5, 0.6) is 5.75 Å². The fourth-order valence-corrected chi connectivity index (χ4v) is 3.59. The summed E-state index contributed by atoms with van der Waals surface area (Å²) in [5.41, 5.74) is 3.88. The molecular formula is C22H26ClN3O3. The summed E-state index contributed by atoms with van der Waals surface area (Å²) < 4.78 is 7.55. The van der Waals surface area contributed by atoms with Crippen molar-refractivity contribution in [2.45, 2.75) is 32.7 Å². The van der Waals surface area contributed by atoms with Crippen LogP contribution in [0.3, 0.4) is 0 Å². The molecule has 6 nitrogen and oxygen atoms in total. The van der Waals surface area contributed by atoms with Gasteiger partial charge in [-0.2, -0.15) is 0 Å². The van der Waals surface area contributed by atoms with Crippen molar-refractivity contribution < 1.29 is 14.3 Å². The molecule has 0 unspecified atom stereocenters. The molecule has 154 valence electrons. The molecule has 0 bridgehead atoms. The molecule has 1 aliphatic rings. The number of rotatable bonds is 7. The molecule has 1 aromatic heterocycles. The Bertz CT molecular complexity index is 960. The number of anilines is 1. The molecule has 1 aromatic carbocycles. The molecule has 0 aliphatic heterocycles. The normalized spacial score (nSPS) is 13.6. The number of hydrogen-bond acceptors (Lipinski definition) is 3. The van der Waals surface area contributed by atoms with Gasteiger partial charge in [0.25, 0.3) is 0 Å². The first-order chi connectivity index (χ1) is 13.8. The Labute approximate surface area is 176 Å². The fraction of sp³-hybridized carbons (Fsp3) is 0.364. The number of aryl methyl sites for hydroxylation is 1. The van der Waals surface area contributed by atoms with Gasteiger partial charge in [0, 0.05) is 35.6 Å². The highest BCUT2D eigenvalue weighted by molar-refractivity contribution is 6.31. The van der Waals surface area contributed by atoms with Crippen molar-refractivity contribution in [3.63, 3.8) is 0 Å². The van der Waals surface area contributed by atoms with Crippen molar-refractivity contribution >= 4 is 35.2 Å². The van der Waals surface area contributed by atoms with E-state index in [0.717, 1.165) is 5.56 Å². The molecule has 2 aromatic rings. The van der Waals surface area contributed by atoms with Crippen LogP contribution in [0, 0.1) is 13.8 Å². The van der Waals surface area contributed by atoms with E-state index in [1.165, 1.54) is 42.3 Å². The summed E-state index contributed by atoms with van der Waals surface area (Å²) in [5.74, 6) is -0.0705. The first-order valence-corrected chi connectivity index (χ1v) is 9.93. The molecule has 3 rings (SSSR count). The lowest BCUT2D eigenvalue weighted by Gasteiger charge is -2.16. The van der Waals surface area contributed by atoms with Gasteiger partial charge in [0.05, 0.1) is 19.3 Å². The van der Waals surface area contributed by atoms with Crippen molar-refractivity contribution in [3.05, 3.63) is 52.3 Å². The number of likely N-dealkylation sites (N-methyl/N-ethyl adjacent to an activating group) is 1. The first-order valence-electron chi connectivity index (χ1n) is 9.55. The van der Waals surface area contributed by atoms with Crippen LogP contribution >= 0.6 is 11.6 Å². The maximum absolute atomic E-state index is 12.4. The molecular weight excluding hydrogens is 390 g/mol. The Hall–Kier alpha value is -2.73. The highest BCUT2D eigenvalue weighted by Gasteiger charge is 2.26. The predicted molar refractivity (Wildman–Crippen MR) is 115 cm³/mol. The number of carbonyl (C=O) groups is 2. The molecule has 1 saturated carbocycles. The lowest BCUT2D eigenvalue weighted by Crippen LogP contribution is -2.33. The number of halogens is 1. The molecule has 0 atom stereocenters. The Balaban J connectivity index is 1.60. The smallest absolute Gasteiger partial charge is 0.246 e. The van der Waals surface area contributed by atoms with Crippen LogP contribution in [0.2, 0.25) is 5.02 Å². The molecule has 1 heterocycles. The monoisotopic (exact) mass is 415 g/mol. The maximum Gasteiger partial charge on any atom is 0.246 e. The zero-order valence-electron chi connectivity index (χ0n) is 17.2. The number of amides is 2. The lowest BCUT2D eigenvalue weighted by atomic mass is 10.2. The summed E-state index contributed by atoms with van der Waals surface area (Å²) in [6, 6.07) is 7.65. The third kappa shape index (κ3) is 5.01. The standard InChI is InChI=1S/C22H26ClN3O3/c1-14-11-16(15(2)26(14)18-7-8-18)5-10-22(28)25(3)13-21(27)24-19-12-17(23)6-9-20(19)29-4/h5-6,9-12,18H,7-8,13H2,1-4H3,(H,24,27)/b10-5+. The van der Waals surface area contributed by atoms with E-state index in [2.05, 4.69) is 29.8 Å². The number of carbonyl (C=O) groups excluding carboxylic acids is 2. The van der Waals surface area contributed by atoms with E-state index in [9.17, 15) is 9.59 Å². The quantitative estimate of drug-likeness (QED) is 0.689. The molecule has 7 heteroatoms. The second-order valence-corrected chi connectivity index (χ2v) is 7.78. The summed E-state index contributed by atoms with van der Waals surface area (Å²) in [6.07, 6.45) is 5.76. The number of methoxy groups -OCH3 is 1. The Kier molecular flexibility index (Phi) is 6.33. The van der Waals surface area contributed by atoms with Crippen molar-refractivity contribution in [2.24, 2.45) is 0 Å². The van der Waals surface area contributed by atoms with Crippen molar-refractivity contribution in [1.29, 1.82) is 0 Å². The molecule has 29 heavy (non-hydrogen) atoms. The second kappa shape index (κ2) is 8.74. The molecule has 1 N–H and O–H groups in total. The minimum Gasteiger partial charge on any atom is -0.495 e. The number of hydrogen-bond donors (Lipinski definition) is 1. The molecule has 0 saturated heterocycles. The SMILES string of the molecule is COc1ccc(Cl)cc1NC(=O)CN(C)C(=O)/C=C/c1cc(C)n(C2CC2)c1C. The van der Waals surface area contributed by atoms with Crippen molar-refractivity contribution in [1.82, 2.24) is 9.47 Å². The Morgan fingerprint density at radius 1 is 1.31 bits per heavy atom. The maximum atomic E-state index is 12.4. The largest absolute Gasteiger partial charge is 0.495 e. The lowest BCUT2D eigenvalue weighted by molar-refractivity contribution is -0.129. The number of aromatic nitrogens is 1. The van der Waals surface area contributed by atoms with Gasteiger partial charge < -0.3 is 19.5 Å². The predicted octanol–water partition coefficient (Wildman–Crippen LogP) is 4.21. The van der Waals surface area contributed by atoms with Crippen LogP contribution in [0.1, 0.15) is 35.8 Å². The molecule has 0 spiro atoms. The van der Waals surface area contributed by atoms with E-state index < -0.39 is 0 Å². The van der Waals surface area contributed by atoms with Gasteiger partial charge in [0.15, 0.2) is 0 Å². The number of ether oxygens (including phenoxy) is 1. The summed E-state index contributed by atoms with van der Waals surface area (Å²) >= 11 is 5.98. The molecule has 2 amide bonds.